The van der Waals surface area contributed by atoms with Gasteiger partial charge >= 0.3 is 0 Å². The molecule has 1 saturated heterocycles. The summed E-state index contributed by atoms with van der Waals surface area (Å²) in [6.45, 7) is 1.22. The van der Waals surface area contributed by atoms with E-state index in [1.807, 2.05) is 6.07 Å². The van der Waals surface area contributed by atoms with Crippen LogP contribution in [-0.2, 0) is 6.42 Å². The largest absolute Gasteiger partial charge is 0.146 e. The Hall–Kier alpha value is -0.890. The van der Waals surface area contributed by atoms with Crippen molar-refractivity contribution in [2.45, 2.75) is 19.3 Å². The maximum Gasteiger partial charge on any atom is 0.0293 e. The minimum Gasteiger partial charge on any atom is -0.146 e. The fourth-order valence-electron chi connectivity index (χ4n) is 2.05. The van der Waals surface area contributed by atoms with Gasteiger partial charge in [-0.15, -0.1) is 9.60 Å². The van der Waals surface area contributed by atoms with E-state index in [4.69, 9.17) is 0 Å². The summed E-state index contributed by atoms with van der Waals surface area (Å²) in [5.74, 6) is 0.671. The standard InChI is InChI=1S/C12H16FN/c13-14-8-6-12(7-9-14)10-11-4-2-1-3-5-11/h1-5,12H,6-10H2. The van der Waals surface area contributed by atoms with Crippen LogP contribution < -0.4 is 0 Å². The molecule has 0 atom stereocenters. The molecule has 0 N–H and O–H groups in total. The summed E-state index contributed by atoms with van der Waals surface area (Å²) in [4.78, 5) is 0. The van der Waals surface area contributed by atoms with Crippen molar-refractivity contribution in [3.63, 3.8) is 0 Å². The second kappa shape index (κ2) is 4.56. The zero-order valence-corrected chi connectivity index (χ0v) is 8.32. The van der Waals surface area contributed by atoms with Gasteiger partial charge in [-0.1, -0.05) is 30.3 Å². The van der Waals surface area contributed by atoms with E-state index < -0.39 is 0 Å². The van der Waals surface area contributed by atoms with E-state index in [0.717, 1.165) is 24.4 Å². The zero-order valence-electron chi connectivity index (χ0n) is 8.32. The van der Waals surface area contributed by atoms with Crippen LogP contribution in [0.5, 0.6) is 0 Å². The van der Waals surface area contributed by atoms with Crippen LogP contribution in [0.4, 0.5) is 4.48 Å². The van der Waals surface area contributed by atoms with E-state index in [0.29, 0.717) is 19.0 Å². The van der Waals surface area contributed by atoms with Crippen LogP contribution in [0.2, 0.25) is 0 Å². The molecule has 0 bridgehead atoms. The molecule has 0 unspecified atom stereocenters. The molecule has 1 heterocycles. The van der Waals surface area contributed by atoms with Gasteiger partial charge in [0, 0.05) is 13.1 Å². The molecular weight excluding hydrogens is 177 g/mol. The van der Waals surface area contributed by atoms with Crippen LogP contribution in [0.1, 0.15) is 18.4 Å². The molecule has 2 rings (SSSR count). The summed E-state index contributed by atoms with van der Waals surface area (Å²) >= 11 is 0. The number of rotatable bonds is 2. The molecule has 2 heteroatoms. The lowest BCUT2D eigenvalue weighted by atomic mass is 9.91. The first-order chi connectivity index (χ1) is 6.84. The molecule has 0 radical (unpaired) electrons. The van der Waals surface area contributed by atoms with Gasteiger partial charge in [0.2, 0.25) is 0 Å². The van der Waals surface area contributed by atoms with Gasteiger partial charge in [-0.25, -0.2) is 0 Å². The lowest BCUT2D eigenvalue weighted by Gasteiger charge is -2.25. The van der Waals surface area contributed by atoms with Crippen molar-refractivity contribution >= 4 is 0 Å². The molecule has 0 amide bonds. The predicted octanol–water partition coefficient (Wildman–Crippen LogP) is 2.83. The molecule has 1 aromatic carbocycles. The summed E-state index contributed by atoms with van der Waals surface area (Å²) in [7, 11) is 0. The number of hydrogen-bond acceptors (Lipinski definition) is 1. The highest BCUT2D eigenvalue weighted by atomic mass is 19.2. The van der Waals surface area contributed by atoms with E-state index in [9.17, 15) is 4.48 Å². The first-order valence-corrected chi connectivity index (χ1v) is 5.29. The molecule has 0 aromatic heterocycles. The molecule has 1 nitrogen and oxygen atoms in total. The smallest absolute Gasteiger partial charge is 0.0293 e. The van der Waals surface area contributed by atoms with Crippen LogP contribution in [0.15, 0.2) is 30.3 Å². The topological polar surface area (TPSA) is 3.24 Å². The average Bonchev–Trinajstić information content (AvgIpc) is 2.23. The number of nitrogens with zero attached hydrogens (tertiary/aromatic N) is 1. The Bertz CT molecular complexity index is 265. The molecule has 1 aliphatic rings. The molecular formula is C12H16FN. The highest BCUT2D eigenvalue weighted by Crippen LogP contribution is 2.21. The molecule has 14 heavy (non-hydrogen) atoms. The van der Waals surface area contributed by atoms with E-state index in [1.165, 1.54) is 5.56 Å². The van der Waals surface area contributed by atoms with Gasteiger partial charge in [-0.3, -0.25) is 0 Å². The summed E-state index contributed by atoms with van der Waals surface area (Å²) in [5, 5.41) is 0.932. The van der Waals surface area contributed by atoms with Crippen LogP contribution in [0.25, 0.3) is 0 Å². The summed E-state index contributed by atoms with van der Waals surface area (Å²) < 4.78 is 12.7. The van der Waals surface area contributed by atoms with Crippen LogP contribution in [-0.4, -0.2) is 18.2 Å². The van der Waals surface area contributed by atoms with Crippen molar-refractivity contribution in [3.8, 4) is 0 Å². The van der Waals surface area contributed by atoms with Crippen molar-refractivity contribution in [2.75, 3.05) is 13.1 Å². The Balaban J connectivity index is 1.87. The first kappa shape index (κ1) is 9.66. The molecule has 0 spiro atoms. The van der Waals surface area contributed by atoms with Crippen molar-refractivity contribution in [2.24, 2.45) is 5.92 Å². The van der Waals surface area contributed by atoms with Gasteiger partial charge in [0.05, 0.1) is 0 Å². The van der Waals surface area contributed by atoms with Crippen molar-refractivity contribution in [1.29, 1.82) is 0 Å². The molecule has 1 aromatic rings. The minimum atomic E-state index is 0.609. The van der Waals surface area contributed by atoms with Gasteiger partial charge in [0.25, 0.3) is 0 Å². The highest BCUT2D eigenvalue weighted by Gasteiger charge is 2.18. The van der Waals surface area contributed by atoms with Gasteiger partial charge in [-0.2, -0.15) is 0 Å². The highest BCUT2D eigenvalue weighted by molar-refractivity contribution is 5.15. The molecule has 1 aliphatic heterocycles. The second-order valence-corrected chi connectivity index (χ2v) is 4.04. The van der Waals surface area contributed by atoms with Gasteiger partial charge in [0.1, 0.15) is 0 Å². The van der Waals surface area contributed by atoms with Crippen molar-refractivity contribution in [3.05, 3.63) is 35.9 Å². The third-order valence-corrected chi connectivity index (χ3v) is 2.93. The fraction of sp³-hybridized carbons (Fsp3) is 0.500. The van der Waals surface area contributed by atoms with Gasteiger partial charge in [-0.05, 0) is 30.7 Å². The number of piperidine rings is 1. The fourth-order valence-corrected chi connectivity index (χ4v) is 2.05. The van der Waals surface area contributed by atoms with Gasteiger partial charge in [0.15, 0.2) is 0 Å². The second-order valence-electron chi connectivity index (χ2n) is 4.04. The average molecular weight is 193 g/mol. The maximum absolute atomic E-state index is 12.7. The predicted molar refractivity (Wildman–Crippen MR) is 55.6 cm³/mol. The Morgan fingerprint density at radius 2 is 1.79 bits per heavy atom. The minimum absolute atomic E-state index is 0.609. The molecule has 0 aliphatic carbocycles. The third-order valence-electron chi connectivity index (χ3n) is 2.93. The van der Waals surface area contributed by atoms with Crippen LogP contribution in [0, 0.1) is 5.92 Å². The third kappa shape index (κ3) is 2.55. The van der Waals surface area contributed by atoms with E-state index in [1.54, 1.807) is 0 Å². The number of benzene rings is 1. The quantitative estimate of drug-likeness (QED) is 0.653. The van der Waals surface area contributed by atoms with Crippen LogP contribution >= 0.6 is 0 Å². The Morgan fingerprint density at radius 3 is 2.43 bits per heavy atom. The Morgan fingerprint density at radius 1 is 1.14 bits per heavy atom. The Kier molecular flexibility index (Phi) is 3.14. The summed E-state index contributed by atoms with van der Waals surface area (Å²) in [6, 6.07) is 10.5. The summed E-state index contributed by atoms with van der Waals surface area (Å²) in [6.07, 6.45) is 3.09. The molecule has 1 fully saturated rings. The van der Waals surface area contributed by atoms with E-state index in [-0.39, 0.29) is 0 Å². The van der Waals surface area contributed by atoms with Gasteiger partial charge < -0.3 is 0 Å². The molecule has 76 valence electrons. The van der Waals surface area contributed by atoms with E-state index in [2.05, 4.69) is 24.3 Å². The normalized spacial score (nSPS) is 19.8. The van der Waals surface area contributed by atoms with E-state index >= 15 is 0 Å². The Labute approximate surface area is 84.5 Å². The number of halogens is 1. The number of hydrogen-bond donors (Lipinski definition) is 0. The van der Waals surface area contributed by atoms with Crippen molar-refractivity contribution in [1.82, 2.24) is 5.12 Å². The SMILES string of the molecule is FN1CCC(Cc2ccccc2)CC1. The lowest BCUT2D eigenvalue weighted by molar-refractivity contribution is -0.00852. The first-order valence-electron chi connectivity index (χ1n) is 5.29. The van der Waals surface area contributed by atoms with Crippen molar-refractivity contribution < 1.29 is 4.48 Å². The van der Waals surface area contributed by atoms with Crippen LogP contribution in [0.3, 0.4) is 0 Å². The molecule has 0 saturated carbocycles. The maximum atomic E-state index is 12.7. The lowest BCUT2D eigenvalue weighted by Crippen LogP contribution is -2.28. The summed E-state index contributed by atoms with van der Waals surface area (Å²) in [5.41, 5.74) is 1.38. The zero-order chi connectivity index (χ0) is 9.80. The monoisotopic (exact) mass is 193 g/mol.